The van der Waals surface area contributed by atoms with E-state index in [1.165, 1.54) is 10.1 Å². The Bertz CT molecular complexity index is 1570. The van der Waals surface area contributed by atoms with Crippen LogP contribution in [-0.4, -0.2) is 20.0 Å². The molecule has 34 heavy (non-hydrogen) atoms. The van der Waals surface area contributed by atoms with Crippen LogP contribution in [0.2, 0.25) is 5.02 Å². The Morgan fingerprint density at radius 2 is 1.74 bits per heavy atom. The highest BCUT2D eigenvalue weighted by atomic mass is 35.5. The van der Waals surface area contributed by atoms with Gasteiger partial charge in [-0.25, -0.2) is 4.98 Å². The fraction of sp³-hybridized carbons (Fsp3) is 0.148. The molecule has 0 spiro atoms. The highest BCUT2D eigenvalue weighted by Gasteiger charge is 2.18. The first-order chi connectivity index (χ1) is 16.5. The number of hydrogen-bond acceptors (Lipinski definition) is 3. The molecule has 0 radical (unpaired) electrons. The molecule has 5 aromatic rings. The van der Waals surface area contributed by atoms with Crippen molar-refractivity contribution in [1.82, 2.24) is 19.4 Å². The zero-order valence-electron chi connectivity index (χ0n) is 18.7. The number of rotatable bonds is 6. The molecule has 2 aromatic heterocycles. The lowest BCUT2D eigenvalue weighted by atomic mass is 10.1. The second-order valence-electron chi connectivity index (χ2n) is 8.33. The molecule has 3 aromatic carbocycles. The highest BCUT2D eigenvalue weighted by molar-refractivity contribution is 6.31. The molecular formula is C27H23ClN4O2. The van der Waals surface area contributed by atoms with Gasteiger partial charge in [-0.1, -0.05) is 77.8 Å². The Morgan fingerprint density at radius 3 is 2.53 bits per heavy atom. The second-order valence-corrected chi connectivity index (χ2v) is 8.74. The summed E-state index contributed by atoms with van der Waals surface area (Å²) in [6.45, 7) is 2.76. The largest absolute Gasteiger partial charge is 0.350 e. The molecule has 0 bridgehead atoms. The highest BCUT2D eigenvalue weighted by Crippen LogP contribution is 2.25. The van der Waals surface area contributed by atoms with Crippen molar-refractivity contribution in [3.8, 4) is 0 Å². The van der Waals surface area contributed by atoms with Crippen molar-refractivity contribution >= 4 is 39.4 Å². The van der Waals surface area contributed by atoms with Crippen LogP contribution in [0.1, 0.15) is 16.7 Å². The Hall–Kier alpha value is -3.90. The number of nitrogens with zero attached hydrogens (tertiary/aromatic N) is 3. The van der Waals surface area contributed by atoms with Crippen molar-refractivity contribution in [3.05, 3.63) is 111 Å². The summed E-state index contributed by atoms with van der Waals surface area (Å²) in [5.41, 5.74) is 4.58. The summed E-state index contributed by atoms with van der Waals surface area (Å²) >= 11 is 6.31. The van der Waals surface area contributed by atoms with Gasteiger partial charge in [0.25, 0.3) is 5.56 Å². The van der Waals surface area contributed by atoms with Crippen LogP contribution in [0.15, 0.2) is 83.9 Å². The van der Waals surface area contributed by atoms with Crippen LogP contribution in [0, 0.1) is 6.92 Å². The van der Waals surface area contributed by atoms with Crippen LogP contribution in [0.4, 0.5) is 0 Å². The third kappa shape index (κ3) is 4.20. The maximum absolute atomic E-state index is 13.6. The minimum absolute atomic E-state index is 0.0168. The molecule has 0 aliphatic heterocycles. The number of aromatic nitrogens is 3. The van der Waals surface area contributed by atoms with Crippen molar-refractivity contribution in [3.63, 3.8) is 0 Å². The summed E-state index contributed by atoms with van der Waals surface area (Å²) in [6, 6.07) is 23.0. The summed E-state index contributed by atoms with van der Waals surface area (Å²) in [5, 5.41) is 4.39. The van der Waals surface area contributed by atoms with Crippen molar-refractivity contribution in [1.29, 1.82) is 0 Å². The van der Waals surface area contributed by atoms with Gasteiger partial charge in [0.15, 0.2) is 0 Å². The Balaban J connectivity index is 1.51. The molecule has 0 fully saturated rings. The summed E-state index contributed by atoms with van der Waals surface area (Å²) in [4.78, 5) is 31.0. The molecule has 1 N–H and O–H groups in total. The Morgan fingerprint density at radius 1 is 1.00 bits per heavy atom. The van der Waals surface area contributed by atoms with Crippen LogP contribution < -0.4 is 10.9 Å². The molecule has 2 heterocycles. The minimum atomic E-state index is -0.215. The van der Waals surface area contributed by atoms with Gasteiger partial charge < -0.3 is 9.88 Å². The normalized spacial score (nSPS) is 11.2. The smallest absolute Gasteiger partial charge is 0.278 e. The van der Waals surface area contributed by atoms with Crippen LogP contribution >= 0.6 is 11.6 Å². The Kier molecular flexibility index (Phi) is 5.90. The summed E-state index contributed by atoms with van der Waals surface area (Å²) in [6.07, 6.45) is 1.54. The zero-order valence-corrected chi connectivity index (χ0v) is 19.4. The van der Waals surface area contributed by atoms with Crippen molar-refractivity contribution in [2.24, 2.45) is 0 Å². The van der Waals surface area contributed by atoms with E-state index in [2.05, 4.69) is 10.3 Å². The second kappa shape index (κ2) is 9.15. The molecule has 170 valence electrons. The van der Waals surface area contributed by atoms with Crippen molar-refractivity contribution in [2.45, 2.75) is 26.6 Å². The van der Waals surface area contributed by atoms with E-state index >= 15 is 0 Å². The first-order valence-corrected chi connectivity index (χ1v) is 11.4. The number of halogens is 1. The fourth-order valence-electron chi connectivity index (χ4n) is 4.14. The molecule has 0 aliphatic rings. The van der Waals surface area contributed by atoms with Gasteiger partial charge in [-0.2, -0.15) is 0 Å². The number of para-hydroxylation sites is 1. The summed E-state index contributed by atoms with van der Waals surface area (Å²) in [7, 11) is 0. The number of carbonyl (C=O) groups excluding carboxylic acids is 1. The van der Waals surface area contributed by atoms with E-state index in [4.69, 9.17) is 11.6 Å². The van der Waals surface area contributed by atoms with E-state index in [1.807, 2.05) is 73.7 Å². The maximum atomic E-state index is 13.6. The third-order valence-corrected chi connectivity index (χ3v) is 6.31. The lowest BCUT2D eigenvalue weighted by Crippen LogP contribution is -2.29. The fourth-order valence-corrected chi connectivity index (χ4v) is 4.34. The number of nitrogens with one attached hydrogen (secondary N) is 1. The topological polar surface area (TPSA) is 68.9 Å². The van der Waals surface area contributed by atoms with E-state index in [9.17, 15) is 9.59 Å². The molecular weight excluding hydrogens is 448 g/mol. The first-order valence-electron chi connectivity index (χ1n) is 11.0. The lowest BCUT2D eigenvalue weighted by molar-refractivity contribution is -0.121. The van der Waals surface area contributed by atoms with Crippen molar-refractivity contribution < 1.29 is 4.79 Å². The molecule has 5 rings (SSSR count). The SMILES string of the molecule is Cc1ccc(CNC(=O)Cn2c3ccccc3c3ncn(Cc4ccccc4Cl)c(=O)c32)cc1. The van der Waals surface area contributed by atoms with E-state index in [0.29, 0.717) is 29.1 Å². The molecule has 7 heteroatoms. The van der Waals surface area contributed by atoms with Gasteiger partial charge in [-0.3, -0.25) is 14.2 Å². The third-order valence-electron chi connectivity index (χ3n) is 5.94. The van der Waals surface area contributed by atoms with E-state index in [1.54, 1.807) is 17.0 Å². The Labute approximate surface area is 201 Å². The quantitative estimate of drug-likeness (QED) is 0.392. The maximum Gasteiger partial charge on any atom is 0.278 e. The van der Waals surface area contributed by atoms with Gasteiger partial charge in [0.2, 0.25) is 5.91 Å². The van der Waals surface area contributed by atoms with Crippen LogP contribution in [0.25, 0.3) is 21.9 Å². The van der Waals surface area contributed by atoms with Crippen LogP contribution in [0.5, 0.6) is 0 Å². The summed E-state index contributed by atoms with van der Waals surface area (Å²) < 4.78 is 3.29. The average Bonchev–Trinajstić information content (AvgIpc) is 3.16. The van der Waals surface area contributed by atoms with E-state index in [0.717, 1.165) is 22.0 Å². The predicted molar refractivity (Wildman–Crippen MR) is 135 cm³/mol. The zero-order chi connectivity index (χ0) is 23.7. The monoisotopic (exact) mass is 470 g/mol. The van der Waals surface area contributed by atoms with Crippen LogP contribution in [-0.2, 0) is 24.4 Å². The van der Waals surface area contributed by atoms with Gasteiger partial charge in [0.05, 0.1) is 18.4 Å². The van der Waals surface area contributed by atoms with Gasteiger partial charge in [-0.05, 0) is 30.2 Å². The minimum Gasteiger partial charge on any atom is -0.350 e. The first kappa shape index (κ1) is 21.9. The average molecular weight is 471 g/mol. The molecule has 0 unspecified atom stereocenters. The van der Waals surface area contributed by atoms with E-state index < -0.39 is 0 Å². The number of hydrogen-bond donors (Lipinski definition) is 1. The van der Waals surface area contributed by atoms with Crippen molar-refractivity contribution in [2.75, 3.05) is 0 Å². The van der Waals surface area contributed by atoms with Crippen LogP contribution in [0.3, 0.4) is 0 Å². The van der Waals surface area contributed by atoms with Gasteiger partial charge in [0.1, 0.15) is 17.6 Å². The number of fused-ring (bicyclic) bond motifs is 3. The molecule has 0 atom stereocenters. The standard InChI is InChI=1S/C27H23ClN4O2/c1-18-10-12-19(13-11-18)14-29-24(33)16-32-23-9-5-3-7-21(23)25-26(32)27(34)31(17-30-25)15-20-6-2-4-8-22(20)28/h2-13,17H,14-16H2,1H3,(H,29,33). The predicted octanol–water partition coefficient (Wildman–Crippen LogP) is 4.68. The molecule has 0 saturated heterocycles. The molecule has 0 aliphatic carbocycles. The molecule has 0 saturated carbocycles. The van der Waals surface area contributed by atoms with Gasteiger partial charge in [0, 0.05) is 17.0 Å². The number of carbonyl (C=O) groups is 1. The molecule has 1 amide bonds. The molecule has 6 nitrogen and oxygen atoms in total. The summed E-state index contributed by atoms with van der Waals surface area (Å²) in [5.74, 6) is -0.177. The van der Waals surface area contributed by atoms with Gasteiger partial charge in [-0.15, -0.1) is 0 Å². The van der Waals surface area contributed by atoms with Gasteiger partial charge >= 0.3 is 0 Å². The number of benzene rings is 3. The number of amides is 1. The number of aryl methyl sites for hydroxylation is 1. The lowest BCUT2D eigenvalue weighted by Gasteiger charge is -2.10. The van der Waals surface area contributed by atoms with E-state index in [-0.39, 0.29) is 18.0 Å².